The Morgan fingerprint density at radius 1 is 1.25 bits per heavy atom. The highest BCUT2D eigenvalue weighted by Gasteiger charge is 2.33. The highest BCUT2D eigenvalue weighted by Crippen LogP contribution is 2.16. The van der Waals surface area contributed by atoms with Crippen molar-refractivity contribution in [1.82, 2.24) is 10.2 Å². The number of ether oxygens (including phenoxy) is 2. The van der Waals surface area contributed by atoms with Crippen molar-refractivity contribution in [3.05, 3.63) is 65.5 Å². The molecule has 0 aromatic heterocycles. The van der Waals surface area contributed by atoms with Gasteiger partial charge in [-0.1, -0.05) is 24.3 Å². The lowest BCUT2D eigenvalue weighted by atomic mass is 10.1. The molecule has 1 aliphatic rings. The Kier molecular flexibility index (Phi) is 6.60. The highest BCUT2D eigenvalue weighted by atomic mass is 19.1. The van der Waals surface area contributed by atoms with E-state index in [1.807, 2.05) is 31.2 Å². The zero-order valence-electron chi connectivity index (χ0n) is 15.7. The summed E-state index contributed by atoms with van der Waals surface area (Å²) < 4.78 is 23.8. The molecule has 2 amide bonds. The fraction of sp³-hybridized carbons (Fsp3) is 0.333. The van der Waals surface area contributed by atoms with E-state index in [0.29, 0.717) is 13.2 Å². The Morgan fingerprint density at radius 3 is 2.79 bits per heavy atom. The third-order valence-corrected chi connectivity index (χ3v) is 4.44. The Morgan fingerprint density at radius 2 is 2.04 bits per heavy atom. The number of nitrogens with zero attached hydrogens (tertiary/aromatic N) is 1. The second kappa shape index (κ2) is 9.32. The molecule has 2 aromatic carbocycles. The van der Waals surface area contributed by atoms with Gasteiger partial charge in [0, 0.05) is 13.1 Å². The number of morpholine rings is 1. The first-order valence-corrected chi connectivity index (χ1v) is 9.18. The number of carbonyl (C=O) groups is 2. The van der Waals surface area contributed by atoms with Crippen LogP contribution in [0.5, 0.6) is 5.75 Å². The Hall–Kier alpha value is -2.93. The molecular weight excluding hydrogens is 363 g/mol. The first-order chi connectivity index (χ1) is 13.6. The summed E-state index contributed by atoms with van der Waals surface area (Å²) in [6.45, 7) is 3.06. The SMILES string of the molecule is CCOc1cccc(CNC(=O)[C@@H]2COCC(=O)N2Cc2ccc(F)cc2)c1. The van der Waals surface area contributed by atoms with Gasteiger partial charge in [-0.25, -0.2) is 4.39 Å². The molecule has 0 saturated carbocycles. The lowest BCUT2D eigenvalue weighted by Gasteiger charge is -2.34. The van der Waals surface area contributed by atoms with E-state index in [1.54, 1.807) is 12.1 Å². The zero-order valence-corrected chi connectivity index (χ0v) is 15.7. The molecule has 3 rings (SSSR count). The smallest absolute Gasteiger partial charge is 0.249 e. The topological polar surface area (TPSA) is 67.9 Å². The number of amides is 2. The van der Waals surface area contributed by atoms with Crippen LogP contribution >= 0.6 is 0 Å². The first-order valence-electron chi connectivity index (χ1n) is 9.18. The standard InChI is InChI=1S/C21H23FN2O4/c1-2-28-18-5-3-4-16(10-18)11-23-21(26)19-13-27-14-20(25)24(19)12-15-6-8-17(22)9-7-15/h3-10,19H,2,11-14H2,1H3,(H,23,26)/t19-/m0/s1. The summed E-state index contributed by atoms with van der Waals surface area (Å²) in [5.41, 5.74) is 1.64. The number of rotatable bonds is 7. The van der Waals surface area contributed by atoms with Gasteiger partial charge in [0.25, 0.3) is 0 Å². The predicted octanol–water partition coefficient (Wildman–Crippen LogP) is 2.27. The van der Waals surface area contributed by atoms with Crippen LogP contribution in [0.25, 0.3) is 0 Å². The van der Waals surface area contributed by atoms with Crippen LogP contribution < -0.4 is 10.1 Å². The molecule has 1 fully saturated rings. The third kappa shape index (κ3) is 5.07. The van der Waals surface area contributed by atoms with Gasteiger partial charge in [-0.15, -0.1) is 0 Å². The first kappa shape index (κ1) is 19.8. The average molecular weight is 386 g/mol. The van der Waals surface area contributed by atoms with Crippen LogP contribution in [0.2, 0.25) is 0 Å². The summed E-state index contributed by atoms with van der Waals surface area (Å²) in [4.78, 5) is 26.5. The van der Waals surface area contributed by atoms with Crippen molar-refractivity contribution in [2.75, 3.05) is 19.8 Å². The van der Waals surface area contributed by atoms with E-state index in [9.17, 15) is 14.0 Å². The zero-order chi connectivity index (χ0) is 19.9. The van der Waals surface area contributed by atoms with Crippen LogP contribution in [-0.2, 0) is 27.4 Å². The van der Waals surface area contributed by atoms with Crippen LogP contribution in [-0.4, -0.2) is 42.6 Å². The number of hydrogen-bond acceptors (Lipinski definition) is 4. The van der Waals surface area contributed by atoms with Crippen LogP contribution in [0.1, 0.15) is 18.1 Å². The largest absolute Gasteiger partial charge is 0.494 e. The Bertz CT molecular complexity index is 825. The van der Waals surface area contributed by atoms with Crippen molar-refractivity contribution in [2.24, 2.45) is 0 Å². The van der Waals surface area contributed by atoms with Crippen molar-refractivity contribution >= 4 is 11.8 Å². The molecule has 1 heterocycles. The van der Waals surface area contributed by atoms with Crippen molar-refractivity contribution < 1.29 is 23.5 Å². The summed E-state index contributed by atoms with van der Waals surface area (Å²) >= 11 is 0. The van der Waals surface area contributed by atoms with Crippen molar-refractivity contribution in [1.29, 1.82) is 0 Å². The lowest BCUT2D eigenvalue weighted by molar-refractivity contribution is -0.155. The van der Waals surface area contributed by atoms with Crippen LogP contribution in [0, 0.1) is 5.82 Å². The van der Waals surface area contributed by atoms with Gasteiger partial charge in [0.2, 0.25) is 11.8 Å². The summed E-state index contributed by atoms with van der Waals surface area (Å²) in [5.74, 6) is -0.171. The summed E-state index contributed by atoms with van der Waals surface area (Å²) in [7, 11) is 0. The molecule has 1 saturated heterocycles. The summed E-state index contributed by atoms with van der Waals surface area (Å²) in [6, 6.07) is 12.6. The van der Waals surface area contributed by atoms with Crippen molar-refractivity contribution in [2.45, 2.75) is 26.1 Å². The molecule has 1 N–H and O–H groups in total. The number of hydrogen-bond donors (Lipinski definition) is 1. The predicted molar refractivity (Wildman–Crippen MR) is 101 cm³/mol. The monoisotopic (exact) mass is 386 g/mol. The van der Waals surface area contributed by atoms with Crippen LogP contribution in [0.3, 0.4) is 0 Å². The molecule has 1 atom stereocenters. The number of halogens is 1. The van der Waals surface area contributed by atoms with E-state index in [-0.39, 0.29) is 37.4 Å². The van der Waals surface area contributed by atoms with Crippen LogP contribution in [0.4, 0.5) is 4.39 Å². The fourth-order valence-electron chi connectivity index (χ4n) is 3.03. The molecule has 0 spiro atoms. The normalized spacial score (nSPS) is 16.7. The van der Waals surface area contributed by atoms with Gasteiger partial charge >= 0.3 is 0 Å². The van der Waals surface area contributed by atoms with Crippen molar-refractivity contribution in [3.63, 3.8) is 0 Å². The van der Waals surface area contributed by atoms with Gasteiger partial charge in [0.05, 0.1) is 13.2 Å². The lowest BCUT2D eigenvalue weighted by Crippen LogP contribution is -2.55. The molecule has 0 aliphatic carbocycles. The van der Waals surface area contributed by atoms with E-state index >= 15 is 0 Å². The van der Waals surface area contributed by atoms with Gasteiger partial charge in [0.15, 0.2) is 0 Å². The third-order valence-electron chi connectivity index (χ3n) is 4.44. The molecule has 28 heavy (non-hydrogen) atoms. The molecule has 0 unspecified atom stereocenters. The summed E-state index contributed by atoms with van der Waals surface area (Å²) in [6.07, 6.45) is 0. The van der Waals surface area contributed by atoms with E-state index in [0.717, 1.165) is 16.9 Å². The second-order valence-electron chi connectivity index (χ2n) is 6.48. The summed E-state index contributed by atoms with van der Waals surface area (Å²) in [5, 5.41) is 2.86. The minimum atomic E-state index is -0.735. The second-order valence-corrected chi connectivity index (χ2v) is 6.48. The fourth-order valence-corrected chi connectivity index (χ4v) is 3.03. The number of benzene rings is 2. The minimum absolute atomic E-state index is 0.0681. The minimum Gasteiger partial charge on any atom is -0.494 e. The molecule has 2 aromatic rings. The number of nitrogens with one attached hydrogen (secondary N) is 1. The quantitative estimate of drug-likeness (QED) is 0.793. The van der Waals surface area contributed by atoms with Crippen LogP contribution in [0.15, 0.2) is 48.5 Å². The van der Waals surface area contributed by atoms with Crippen molar-refractivity contribution in [3.8, 4) is 5.75 Å². The molecule has 0 bridgehead atoms. The maximum atomic E-state index is 13.1. The van der Waals surface area contributed by atoms with Gasteiger partial charge in [-0.2, -0.15) is 0 Å². The highest BCUT2D eigenvalue weighted by molar-refractivity contribution is 5.89. The van der Waals surface area contributed by atoms with E-state index < -0.39 is 6.04 Å². The maximum Gasteiger partial charge on any atom is 0.249 e. The van der Waals surface area contributed by atoms with E-state index in [2.05, 4.69) is 5.32 Å². The molecule has 148 valence electrons. The number of carbonyl (C=O) groups excluding carboxylic acids is 2. The molecular formula is C21H23FN2O4. The van der Waals surface area contributed by atoms with Gasteiger partial charge in [0.1, 0.15) is 24.2 Å². The molecule has 1 aliphatic heterocycles. The van der Waals surface area contributed by atoms with Gasteiger partial charge in [-0.3, -0.25) is 9.59 Å². The van der Waals surface area contributed by atoms with E-state index in [4.69, 9.17) is 9.47 Å². The van der Waals surface area contributed by atoms with E-state index in [1.165, 1.54) is 17.0 Å². The van der Waals surface area contributed by atoms with Gasteiger partial charge in [-0.05, 0) is 42.3 Å². The van der Waals surface area contributed by atoms with Gasteiger partial charge < -0.3 is 19.7 Å². The maximum absolute atomic E-state index is 13.1. The molecule has 7 heteroatoms. The molecule has 6 nitrogen and oxygen atoms in total. The Labute approximate surface area is 163 Å². The Balaban J connectivity index is 1.65. The average Bonchev–Trinajstić information content (AvgIpc) is 2.70. The molecule has 0 radical (unpaired) electrons.